The van der Waals surface area contributed by atoms with Gasteiger partial charge in [-0.2, -0.15) is 0 Å². The second kappa shape index (κ2) is 7.22. The van der Waals surface area contributed by atoms with Gasteiger partial charge in [-0.3, -0.25) is 0 Å². The van der Waals surface area contributed by atoms with Crippen LogP contribution in [0.3, 0.4) is 0 Å². The molecule has 0 spiro atoms. The smallest absolute Gasteiger partial charge is 0.343 e. The van der Waals surface area contributed by atoms with Crippen LogP contribution in [0.15, 0.2) is 50.1 Å². The molecule has 0 amide bonds. The average molecular weight is 332 g/mol. The van der Waals surface area contributed by atoms with Crippen molar-refractivity contribution >= 4 is 0 Å². The van der Waals surface area contributed by atoms with Crippen LogP contribution in [0.25, 0.3) is 22.8 Å². The molecular weight excluding hydrogens is 320 g/mol. The SMILES string of the molecule is [Cu+2].c1ncc(-c2cnc[nH]2)[nH]1.c1ncc(-c2cnc[nH]2)[nH]1. The molecule has 21 heavy (non-hydrogen) atoms. The van der Waals surface area contributed by atoms with Gasteiger partial charge >= 0.3 is 17.1 Å². The Morgan fingerprint density at radius 3 is 0.857 bits per heavy atom. The second-order valence-corrected chi connectivity index (χ2v) is 3.86. The summed E-state index contributed by atoms with van der Waals surface area (Å²) in [5, 5.41) is 0. The molecule has 9 heteroatoms. The number of nitrogens with zero attached hydrogens (tertiary/aromatic N) is 4. The van der Waals surface area contributed by atoms with Crippen LogP contribution >= 0.6 is 0 Å². The van der Waals surface area contributed by atoms with Gasteiger partial charge < -0.3 is 19.9 Å². The maximum atomic E-state index is 3.87. The van der Waals surface area contributed by atoms with E-state index in [0.717, 1.165) is 22.8 Å². The van der Waals surface area contributed by atoms with E-state index in [1.54, 1.807) is 50.1 Å². The summed E-state index contributed by atoms with van der Waals surface area (Å²) in [6, 6.07) is 0. The van der Waals surface area contributed by atoms with Gasteiger partial charge in [-0.1, -0.05) is 0 Å². The molecule has 8 nitrogen and oxygen atoms in total. The van der Waals surface area contributed by atoms with E-state index < -0.39 is 0 Å². The van der Waals surface area contributed by atoms with Gasteiger partial charge in [0.05, 0.1) is 72.9 Å². The predicted octanol–water partition coefficient (Wildman–Crippen LogP) is 1.60. The molecule has 0 fully saturated rings. The molecule has 0 atom stereocenters. The van der Waals surface area contributed by atoms with Crippen LogP contribution in [0.4, 0.5) is 0 Å². The number of H-pyrrole nitrogens is 4. The summed E-state index contributed by atoms with van der Waals surface area (Å²) in [6.45, 7) is 0. The largest absolute Gasteiger partial charge is 2.00 e. The van der Waals surface area contributed by atoms with E-state index in [-0.39, 0.29) is 17.1 Å². The number of aromatic amines is 4. The molecular formula is C12H12CuN8+2. The van der Waals surface area contributed by atoms with Crippen molar-refractivity contribution in [3.63, 3.8) is 0 Å². The number of rotatable bonds is 2. The maximum Gasteiger partial charge on any atom is 2.00 e. The third kappa shape index (κ3) is 3.68. The molecule has 0 aliphatic carbocycles. The van der Waals surface area contributed by atoms with Crippen molar-refractivity contribution in [1.82, 2.24) is 39.9 Å². The van der Waals surface area contributed by atoms with Crippen molar-refractivity contribution in [3.05, 3.63) is 50.1 Å². The fourth-order valence-electron chi connectivity index (χ4n) is 1.61. The molecule has 4 heterocycles. The Hall–Kier alpha value is -2.64. The zero-order chi connectivity index (χ0) is 13.6. The van der Waals surface area contributed by atoms with Crippen molar-refractivity contribution in [3.8, 4) is 22.8 Å². The summed E-state index contributed by atoms with van der Waals surface area (Å²) in [5.41, 5.74) is 3.82. The molecule has 4 rings (SSSR count). The quantitative estimate of drug-likeness (QED) is 0.417. The zero-order valence-corrected chi connectivity index (χ0v) is 11.7. The number of hydrogen-bond acceptors (Lipinski definition) is 4. The van der Waals surface area contributed by atoms with E-state index in [1.165, 1.54) is 0 Å². The van der Waals surface area contributed by atoms with E-state index in [2.05, 4.69) is 39.9 Å². The Kier molecular flexibility index (Phi) is 5.08. The summed E-state index contributed by atoms with van der Waals surface area (Å²) in [7, 11) is 0. The fourth-order valence-corrected chi connectivity index (χ4v) is 1.61. The fraction of sp³-hybridized carbons (Fsp3) is 0. The van der Waals surface area contributed by atoms with Crippen molar-refractivity contribution in [2.75, 3.05) is 0 Å². The van der Waals surface area contributed by atoms with E-state index in [0.29, 0.717) is 0 Å². The minimum Gasteiger partial charge on any atom is -0.343 e. The molecule has 0 aromatic carbocycles. The Balaban J connectivity index is 0.000000147. The number of hydrogen-bond donors (Lipinski definition) is 4. The molecule has 4 N–H and O–H groups in total. The van der Waals surface area contributed by atoms with E-state index >= 15 is 0 Å². The van der Waals surface area contributed by atoms with Crippen molar-refractivity contribution in [2.45, 2.75) is 0 Å². The minimum atomic E-state index is 0. The average Bonchev–Trinajstić information content (AvgIpc) is 3.29. The normalized spacial score (nSPS) is 9.52. The summed E-state index contributed by atoms with van der Waals surface area (Å²) in [6.07, 6.45) is 13.5. The standard InChI is InChI=1S/2C6H6N4.Cu/c2*1-5(9-3-7-1)6-2-8-4-10-6;/h2*1-4H,(H,7,9)(H,8,10);/q;;+2. The monoisotopic (exact) mass is 331 g/mol. The van der Waals surface area contributed by atoms with Crippen LogP contribution in [-0.4, -0.2) is 39.9 Å². The van der Waals surface area contributed by atoms with Crippen LogP contribution in [0.2, 0.25) is 0 Å². The molecule has 4 aromatic heterocycles. The first-order valence-electron chi connectivity index (χ1n) is 5.87. The van der Waals surface area contributed by atoms with Gasteiger partial charge in [-0.05, 0) is 0 Å². The van der Waals surface area contributed by atoms with E-state index in [9.17, 15) is 0 Å². The van der Waals surface area contributed by atoms with Crippen LogP contribution in [0, 0.1) is 0 Å². The summed E-state index contributed by atoms with van der Waals surface area (Å²) in [5.74, 6) is 0. The van der Waals surface area contributed by atoms with Gasteiger partial charge in [0.1, 0.15) is 0 Å². The van der Waals surface area contributed by atoms with Crippen molar-refractivity contribution in [1.29, 1.82) is 0 Å². The predicted molar refractivity (Wildman–Crippen MR) is 72.3 cm³/mol. The van der Waals surface area contributed by atoms with Crippen LogP contribution in [-0.2, 0) is 17.1 Å². The van der Waals surface area contributed by atoms with E-state index in [1.807, 2.05) is 0 Å². The Bertz CT molecular complexity index is 569. The topological polar surface area (TPSA) is 115 Å². The van der Waals surface area contributed by atoms with Crippen LogP contribution in [0.1, 0.15) is 0 Å². The Morgan fingerprint density at radius 1 is 0.476 bits per heavy atom. The number of nitrogens with one attached hydrogen (secondary N) is 4. The summed E-state index contributed by atoms with van der Waals surface area (Å²) in [4.78, 5) is 27.3. The molecule has 0 bridgehead atoms. The summed E-state index contributed by atoms with van der Waals surface area (Å²) >= 11 is 0. The van der Waals surface area contributed by atoms with Gasteiger partial charge in [0, 0.05) is 0 Å². The van der Waals surface area contributed by atoms with Crippen LogP contribution in [0.5, 0.6) is 0 Å². The zero-order valence-electron chi connectivity index (χ0n) is 10.7. The summed E-state index contributed by atoms with van der Waals surface area (Å²) < 4.78 is 0. The van der Waals surface area contributed by atoms with Gasteiger partial charge in [0.15, 0.2) is 0 Å². The molecule has 4 aromatic rings. The van der Waals surface area contributed by atoms with Crippen molar-refractivity contribution < 1.29 is 17.1 Å². The number of aromatic nitrogens is 8. The Labute approximate surface area is 130 Å². The van der Waals surface area contributed by atoms with Crippen LogP contribution < -0.4 is 0 Å². The van der Waals surface area contributed by atoms with Gasteiger partial charge in [-0.15, -0.1) is 0 Å². The molecule has 0 aliphatic rings. The number of imidazole rings is 4. The van der Waals surface area contributed by atoms with Gasteiger partial charge in [0.25, 0.3) is 0 Å². The van der Waals surface area contributed by atoms with Gasteiger partial charge in [-0.25, -0.2) is 19.9 Å². The van der Waals surface area contributed by atoms with Gasteiger partial charge in [0.2, 0.25) is 0 Å². The third-order valence-corrected chi connectivity index (χ3v) is 2.57. The molecule has 109 valence electrons. The minimum absolute atomic E-state index is 0. The molecule has 1 radical (unpaired) electrons. The first kappa shape index (κ1) is 14.8. The second-order valence-electron chi connectivity index (χ2n) is 3.86. The first-order chi connectivity index (χ1) is 9.93. The molecule has 0 aliphatic heterocycles. The Morgan fingerprint density at radius 2 is 0.714 bits per heavy atom. The first-order valence-corrected chi connectivity index (χ1v) is 5.87. The molecule has 0 saturated heterocycles. The maximum absolute atomic E-state index is 3.87. The molecule has 0 unspecified atom stereocenters. The third-order valence-electron chi connectivity index (χ3n) is 2.57. The van der Waals surface area contributed by atoms with Crippen molar-refractivity contribution in [2.24, 2.45) is 0 Å². The van der Waals surface area contributed by atoms with E-state index in [4.69, 9.17) is 0 Å². The molecule has 0 saturated carbocycles.